The maximum absolute atomic E-state index is 12.4. The summed E-state index contributed by atoms with van der Waals surface area (Å²) >= 11 is 0. The van der Waals surface area contributed by atoms with E-state index in [4.69, 9.17) is 0 Å². The van der Waals surface area contributed by atoms with E-state index in [9.17, 15) is 4.79 Å². The molecule has 0 saturated heterocycles. The van der Waals surface area contributed by atoms with Crippen molar-refractivity contribution < 1.29 is 4.79 Å². The lowest BCUT2D eigenvalue weighted by Crippen LogP contribution is -2.28. The fourth-order valence-corrected chi connectivity index (χ4v) is 3.87. The number of nitrogens with zero attached hydrogens (tertiary/aromatic N) is 4. The number of rotatable bonds is 5. The normalized spacial score (nSPS) is 11.5. The second-order valence-corrected chi connectivity index (χ2v) is 9.45. The van der Waals surface area contributed by atoms with Crippen molar-refractivity contribution >= 4 is 17.5 Å². The molecule has 0 radical (unpaired) electrons. The summed E-state index contributed by atoms with van der Waals surface area (Å²) in [6.45, 7) is 6.64. The van der Waals surface area contributed by atoms with E-state index in [2.05, 4.69) is 74.2 Å². The third-order valence-electron chi connectivity index (χ3n) is 5.83. The van der Waals surface area contributed by atoms with Crippen LogP contribution in [0.4, 0.5) is 10.6 Å². The first kappa shape index (κ1) is 22.3. The Bertz CT molecular complexity index is 1480. The number of nitrogens with one attached hydrogen (secondary N) is 3. The van der Waals surface area contributed by atoms with E-state index >= 15 is 0 Å². The zero-order chi connectivity index (χ0) is 24.4. The van der Waals surface area contributed by atoms with E-state index < -0.39 is 0 Å². The number of fused-ring (bicyclic) bond motifs is 1. The van der Waals surface area contributed by atoms with Crippen LogP contribution in [-0.4, -0.2) is 30.6 Å². The van der Waals surface area contributed by atoms with Crippen molar-refractivity contribution in [3.63, 3.8) is 0 Å². The van der Waals surface area contributed by atoms with Crippen LogP contribution in [0.3, 0.4) is 0 Å². The van der Waals surface area contributed by atoms with Crippen LogP contribution in [-0.2, 0) is 12.0 Å². The van der Waals surface area contributed by atoms with Crippen LogP contribution in [0.25, 0.3) is 28.0 Å². The Morgan fingerprint density at radius 2 is 1.83 bits per heavy atom. The number of hydrogen-bond donors (Lipinski definition) is 3. The van der Waals surface area contributed by atoms with Crippen LogP contribution in [0.1, 0.15) is 32.0 Å². The highest BCUT2D eigenvalue weighted by atomic mass is 16.2. The Hall–Kier alpha value is -4.46. The molecule has 0 aliphatic rings. The van der Waals surface area contributed by atoms with E-state index in [1.807, 2.05) is 48.8 Å². The molecule has 1 aromatic carbocycles. The van der Waals surface area contributed by atoms with Gasteiger partial charge in [0.1, 0.15) is 5.65 Å². The molecule has 4 aromatic heterocycles. The molecule has 0 saturated carbocycles. The zero-order valence-corrected chi connectivity index (χ0v) is 19.9. The van der Waals surface area contributed by atoms with Gasteiger partial charge in [0, 0.05) is 47.9 Å². The SMILES string of the molecule is CC(C)(C)c1cc(NC(=O)NCc2cccc(-c3cnc4cc(-c5ccncc5)ccn34)c2)n[nH]1. The van der Waals surface area contributed by atoms with Crippen LogP contribution in [0, 0.1) is 0 Å². The minimum absolute atomic E-state index is 0.0672. The largest absolute Gasteiger partial charge is 0.334 e. The molecule has 0 aliphatic heterocycles. The molecule has 8 nitrogen and oxygen atoms in total. The van der Waals surface area contributed by atoms with Gasteiger partial charge in [-0.05, 0) is 47.0 Å². The van der Waals surface area contributed by atoms with Gasteiger partial charge in [-0.15, -0.1) is 0 Å². The van der Waals surface area contributed by atoms with Gasteiger partial charge < -0.3 is 5.32 Å². The molecule has 0 aliphatic carbocycles. The number of aromatic nitrogens is 5. The summed E-state index contributed by atoms with van der Waals surface area (Å²) in [5.74, 6) is 0.498. The Morgan fingerprint density at radius 3 is 2.60 bits per heavy atom. The lowest BCUT2D eigenvalue weighted by molar-refractivity contribution is 0.251. The van der Waals surface area contributed by atoms with Crippen molar-refractivity contribution in [1.29, 1.82) is 0 Å². The second kappa shape index (κ2) is 9.06. The molecule has 35 heavy (non-hydrogen) atoms. The number of imidazole rings is 1. The third kappa shape index (κ3) is 4.91. The highest BCUT2D eigenvalue weighted by molar-refractivity contribution is 5.88. The number of amides is 2. The maximum Gasteiger partial charge on any atom is 0.320 e. The number of H-pyrrole nitrogens is 1. The summed E-state index contributed by atoms with van der Waals surface area (Å²) in [5.41, 5.74) is 6.94. The van der Waals surface area contributed by atoms with Crippen LogP contribution in [0.2, 0.25) is 0 Å². The van der Waals surface area contributed by atoms with Crippen molar-refractivity contribution in [2.24, 2.45) is 0 Å². The molecule has 0 spiro atoms. The standard InChI is InChI=1S/C27H27N7O/c1-27(2,3)23-15-24(33-32-23)31-26(35)30-16-18-5-4-6-21(13-18)22-17-29-25-14-20(9-12-34(22)25)19-7-10-28-11-8-19/h4-15,17H,16H2,1-3H3,(H3,30,31,32,33,35). The molecule has 176 valence electrons. The van der Waals surface area contributed by atoms with Gasteiger partial charge in [0.25, 0.3) is 0 Å². The monoisotopic (exact) mass is 465 g/mol. The highest BCUT2D eigenvalue weighted by Crippen LogP contribution is 2.26. The number of anilines is 1. The number of carbonyl (C=O) groups is 1. The topological polar surface area (TPSA) is 100 Å². The van der Waals surface area contributed by atoms with Crippen molar-refractivity contribution in [2.75, 3.05) is 5.32 Å². The number of aromatic amines is 1. The summed E-state index contributed by atoms with van der Waals surface area (Å²) in [4.78, 5) is 21.1. The lowest BCUT2D eigenvalue weighted by Gasteiger charge is -2.14. The first-order valence-electron chi connectivity index (χ1n) is 11.4. The van der Waals surface area contributed by atoms with Gasteiger partial charge in [-0.25, -0.2) is 9.78 Å². The molecule has 5 aromatic rings. The smallest absolute Gasteiger partial charge is 0.320 e. The van der Waals surface area contributed by atoms with Gasteiger partial charge in [-0.2, -0.15) is 5.10 Å². The summed E-state index contributed by atoms with van der Waals surface area (Å²) in [7, 11) is 0. The Kier molecular flexibility index (Phi) is 5.78. The molecule has 5 rings (SSSR count). The fraction of sp³-hybridized carbons (Fsp3) is 0.185. The highest BCUT2D eigenvalue weighted by Gasteiger charge is 2.17. The molecule has 3 N–H and O–H groups in total. The maximum atomic E-state index is 12.4. The van der Waals surface area contributed by atoms with Crippen molar-refractivity contribution in [3.8, 4) is 22.4 Å². The molecule has 2 amide bonds. The molecule has 0 fully saturated rings. The van der Waals surface area contributed by atoms with Gasteiger partial charge in [0.2, 0.25) is 0 Å². The molecule has 8 heteroatoms. The summed E-state index contributed by atoms with van der Waals surface area (Å²) in [5, 5.41) is 12.8. The average Bonchev–Trinajstić information content (AvgIpc) is 3.50. The van der Waals surface area contributed by atoms with Crippen molar-refractivity contribution in [3.05, 3.63) is 90.6 Å². The van der Waals surface area contributed by atoms with Crippen molar-refractivity contribution in [2.45, 2.75) is 32.7 Å². The summed E-state index contributed by atoms with van der Waals surface area (Å²) in [6, 6.07) is 17.7. The van der Waals surface area contributed by atoms with E-state index in [0.717, 1.165) is 39.3 Å². The molecule has 0 atom stereocenters. The van der Waals surface area contributed by atoms with Crippen LogP contribution < -0.4 is 10.6 Å². The molecule has 0 unspecified atom stereocenters. The molecular formula is C27H27N7O. The van der Waals surface area contributed by atoms with E-state index in [0.29, 0.717) is 12.4 Å². The summed E-state index contributed by atoms with van der Waals surface area (Å²) < 4.78 is 2.06. The first-order valence-corrected chi connectivity index (χ1v) is 11.4. The van der Waals surface area contributed by atoms with Gasteiger partial charge in [-0.1, -0.05) is 39.0 Å². The predicted molar refractivity (Wildman–Crippen MR) is 137 cm³/mol. The summed E-state index contributed by atoms with van der Waals surface area (Å²) in [6.07, 6.45) is 7.47. The lowest BCUT2D eigenvalue weighted by atomic mass is 9.92. The van der Waals surface area contributed by atoms with Gasteiger partial charge in [0.05, 0.1) is 11.9 Å². The van der Waals surface area contributed by atoms with Gasteiger partial charge in [0.15, 0.2) is 5.82 Å². The number of benzene rings is 1. The van der Waals surface area contributed by atoms with Crippen LogP contribution in [0.5, 0.6) is 0 Å². The average molecular weight is 466 g/mol. The second-order valence-electron chi connectivity index (χ2n) is 9.45. The van der Waals surface area contributed by atoms with Crippen LogP contribution in [0.15, 0.2) is 79.4 Å². The predicted octanol–water partition coefficient (Wildman–Crippen LogP) is 5.41. The number of pyridine rings is 2. The van der Waals surface area contributed by atoms with E-state index in [1.165, 1.54) is 0 Å². The quantitative estimate of drug-likeness (QED) is 0.323. The Balaban J connectivity index is 1.28. The molecular weight excluding hydrogens is 438 g/mol. The Morgan fingerprint density at radius 1 is 1.00 bits per heavy atom. The third-order valence-corrected chi connectivity index (χ3v) is 5.83. The van der Waals surface area contributed by atoms with E-state index in [-0.39, 0.29) is 11.4 Å². The minimum atomic E-state index is -0.305. The number of urea groups is 1. The van der Waals surface area contributed by atoms with Crippen LogP contribution >= 0.6 is 0 Å². The van der Waals surface area contributed by atoms with Gasteiger partial charge >= 0.3 is 6.03 Å². The number of hydrogen-bond acceptors (Lipinski definition) is 4. The first-order chi connectivity index (χ1) is 16.9. The number of carbonyl (C=O) groups excluding carboxylic acids is 1. The van der Waals surface area contributed by atoms with E-state index in [1.54, 1.807) is 12.4 Å². The minimum Gasteiger partial charge on any atom is -0.334 e. The molecule has 4 heterocycles. The molecule has 0 bridgehead atoms. The van der Waals surface area contributed by atoms with Gasteiger partial charge in [-0.3, -0.25) is 19.8 Å². The Labute approximate surface area is 203 Å². The fourth-order valence-electron chi connectivity index (χ4n) is 3.87. The van der Waals surface area contributed by atoms with Crippen molar-refractivity contribution in [1.82, 2.24) is 29.9 Å². The zero-order valence-electron chi connectivity index (χ0n) is 19.9.